The summed E-state index contributed by atoms with van der Waals surface area (Å²) < 4.78 is 26.8. The second kappa shape index (κ2) is 8.92. The van der Waals surface area contributed by atoms with Gasteiger partial charge in [-0.1, -0.05) is 35.9 Å². The summed E-state index contributed by atoms with van der Waals surface area (Å²) >= 11 is 0. The number of carbonyl (C=O) groups excluding carboxylic acids is 2. The first kappa shape index (κ1) is 20.8. The zero-order valence-corrected chi connectivity index (χ0v) is 16.5. The van der Waals surface area contributed by atoms with Crippen LogP contribution in [0, 0.1) is 13.8 Å². The van der Waals surface area contributed by atoms with Crippen LogP contribution < -0.4 is 10.0 Å². The SMILES string of the molecule is CC(=O)c1ccc(S(=O)(=O)NCCC(=O)NCc2ccc(C)cc2C)cc1. The Bertz CT molecular complexity index is 935. The molecule has 27 heavy (non-hydrogen) atoms. The van der Waals surface area contributed by atoms with Gasteiger partial charge in [-0.15, -0.1) is 0 Å². The third-order valence-corrected chi connectivity index (χ3v) is 5.67. The van der Waals surface area contributed by atoms with Crippen molar-refractivity contribution in [1.29, 1.82) is 0 Å². The first-order valence-electron chi connectivity index (χ1n) is 8.62. The Hall–Kier alpha value is -2.51. The van der Waals surface area contributed by atoms with Crippen molar-refractivity contribution in [2.75, 3.05) is 6.54 Å². The normalized spacial score (nSPS) is 11.2. The summed E-state index contributed by atoms with van der Waals surface area (Å²) in [6.45, 7) is 5.81. The maximum Gasteiger partial charge on any atom is 0.240 e. The third kappa shape index (κ3) is 6.01. The van der Waals surface area contributed by atoms with Gasteiger partial charge >= 0.3 is 0 Å². The van der Waals surface area contributed by atoms with Crippen LogP contribution in [0.3, 0.4) is 0 Å². The minimum Gasteiger partial charge on any atom is -0.352 e. The maximum absolute atomic E-state index is 12.2. The highest BCUT2D eigenvalue weighted by Crippen LogP contribution is 2.11. The van der Waals surface area contributed by atoms with Gasteiger partial charge in [0.2, 0.25) is 15.9 Å². The summed E-state index contributed by atoms with van der Waals surface area (Å²) in [5.41, 5.74) is 3.73. The van der Waals surface area contributed by atoms with Gasteiger partial charge in [0.05, 0.1) is 4.90 Å². The lowest BCUT2D eigenvalue weighted by Gasteiger charge is -2.10. The van der Waals surface area contributed by atoms with E-state index in [9.17, 15) is 18.0 Å². The molecule has 144 valence electrons. The zero-order valence-electron chi connectivity index (χ0n) is 15.7. The van der Waals surface area contributed by atoms with E-state index in [-0.39, 0.29) is 29.6 Å². The lowest BCUT2D eigenvalue weighted by atomic mass is 10.1. The lowest BCUT2D eigenvalue weighted by Crippen LogP contribution is -2.30. The molecular weight excluding hydrogens is 364 g/mol. The molecule has 0 fully saturated rings. The molecule has 2 N–H and O–H groups in total. The molecule has 7 heteroatoms. The molecule has 0 radical (unpaired) electrons. The van der Waals surface area contributed by atoms with Crippen LogP contribution in [0.4, 0.5) is 0 Å². The topological polar surface area (TPSA) is 92.3 Å². The largest absolute Gasteiger partial charge is 0.352 e. The van der Waals surface area contributed by atoms with Crippen molar-refractivity contribution < 1.29 is 18.0 Å². The Kier molecular flexibility index (Phi) is 6.87. The first-order chi connectivity index (χ1) is 12.7. The van der Waals surface area contributed by atoms with Crippen molar-refractivity contribution in [3.05, 3.63) is 64.7 Å². The number of hydrogen-bond acceptors (Lipinski definition) is 4. The van der Waals surface area contributed by atoms with E-state index in [1.807, 2.05) is 32.0 Å². The van der Waals surface area contributed by atoms with Crippen LogP contribution in [0.2, 0.25) is 0 Å². The minimum absolute atomic E-state index is 0.00446. The number of ketones is 1. The summed E-state index contributed by atoms with van der Waals surface area (Å²) in [7, 11) is -3.72. The van der Waals surface area contributed by atoms with Gasteiger partial charge in [-0.3, -0.25) is 9.59 Å². The van der Waals surface area contributed by atoms with Crippen molar-refractivity contribution in [2.45, 2.75) is 38.6 Å². The summed E-state index contributed by atoms with van der Waals surface area (Å²) in [6, 6.07) is 11.7. The molecule has 0 saturated heterocycles. The number of carbonyl (C=O) groups is 2. The fourth-order valence-corrected chi connectivity index (χ4v) is 3.61. The van der Waals surface area contributed by atoms with E-state index in [4.69, 9.17) is 0 Å². The van der Waals surface area contributed by atoms with Gasteiger partial charge in [0.1, 0.15) is 0 Å². The van der Waals surface area contributed by atoms with Gasteiger partial charge in [-0.05, 0) is 44.0 Å². The number of sulfonamides is 1. The number of nitrogens with one attached hydrogen (secondary N) is 2. The van der Waals surface area contributed by atoms with Gasteiger partial charge in [-0.25, -0.2) is 13.1 Å². The smallest absolute Gasteiger partial charge is 0.240 e. The van der Waals surface area contributed by atoms with E-state index in [1.54, 1.807) is 0 Å². The number of Topliss-reactive ketones (excluding diaryl/α,β-unsaturated/α-hetero) is 1. The van der Waals surface area contributed by atoms with Crippen molar-refractivity contribution in [1.82, 2.24) is 10.0 Å². The number of aryl methyl sites for hydroxylation is 2. The summed E-state index contributed by atoms with van der Waals surface area (Å²) in [6.07, 6.45) is 0.0374. The van der Waals surface area contributed by atoms with Gasteiger partial charge in [-0.2, -0.15) is 0 Å². The van der Waals surface area contributed by atoms with Crippen LogP contribution in [0.15, 0.2) is 47.4 Å². The van der Waals surface area contributed by atoms with Crippen LogP contribution in [-0.2, 0) is 21.4 Å². The van der Waals surface area contributed by atoms with Crippen LogP contribution >= 0.6 is 0 Å². The molecule has 0 atom stereocenters. The highest BCUT2D eigenvalue weighted by molar-refractivity contribution is 7.89. The number of amides is 1. The molecule has 0 bridgehead atoms. The standard InChI is InChI=1S/C20H24N2O4S/c1-14-4-5-18(15(2)12-14)13-21-20(24)10-11-22-27(25,26)19-8-6-17(7-9-19)16(3)23/h4-9,12,22H,10-11,13H2,1-3H3,(H,21,24). The second-order valence-electron chi connectivity index (χ2n) is 6.44. The van der Waals surface area contributed by atoms with Gasteiger partial charge in [0.15, 0.2) is 5.78 Å². The molecule has 0 unspecified atom stereocenters. The van der Waals surface area contributed by atoms with Crippen molar-refractivity contribution in [3.8, 4) is 0 Å². The molecule has 6 nitrogen and oxygen atoms in total. The first-order valence-corrected chi connectivity index (χ1v) is 10.1. The number of rotatable bonds is 8. The molecule has 0 aromatic heterocycles. The fourth-order valence-electron chi connectivity index (χ4n) is 2.58. The van der Waals surface area contributed by atoms with Crippen molar-refractivity contribution >= 4 is 21.7 Å². The Morgan fingerprint density at radius 3 is 2.26 bits per heavy atom. The molecule has 1 amide bonds. The number of hydrogen-bond donors (Lipinski definition) is 2. The molecule has 0 aliphatic carbocycles. The second-order valence-corrected chi connectivity index (χ2v) is 8.20. The van der Waals surface area contributed by atoms with Crippen LogP contribution in [0.5, 0.6) is 0 Å². The quantitative estimate of drug-likeness (QED) is 0.680. The lowest BCUT2D eigenvalue weighted by molar-refractivity contribution is -0.121. The zero-order chi connectivity index (χ0) is 20.0. The predicted octanol–water partition coefficient (Wildman–Crippen LogP) is 2.49. The van der Waals surface area contributed by atoms with Crippen molar-refractivity contribution in [2.24, 2.45) is 0 Å². The van der Waals surface area contributed by atoms with Crippen molar-refractivity contribution in [3.63, 3.8) is 0 Å². The van der Waals surface area contributed by atoms with Crippen LogP contribution in [0.1, 0.15) is 40.4 Å². The molecule has 0 heterocycles. The molecule has 0 aliphatic rings. The van der Waals surface area contributed by atoms with E-state index in [2.05, 4.69) is 10.0 Å². The predicted molar refractivity (Wildman–Crippen MR) is 104 cm³/mol. The Balaban J connectivity index is 1.83. The summed E-state index contributed by atoms with van der Waals surface area (Å²) in [5.74, 6) is -0.364. The Morgan fingerprint density at radius 2 is 1.67 bits per heavy atom. The van der Waals surface area contributed by atoms with E-state index >= 15 is 0 Å². The molecule has 2 rings (SSSR count). The third-order valence-electron chi connectivity index (χ3n) is 4.19. The highest BCUT2D eigenvalue weighted by Gasteiger charge is 2.14. The van der Waals surface area contributed by atoms with E-state index in [1.165, 1.54) is 31.2 Å². The van der Waals surface area contributed by atoms with E-state index < -0.39 is 10.0 Å². The average Bonchev–Trinajstić information content (AvgIpc) is 2.61. The highest BCUT2D eigenvalue weighted by atomic mass is 32.2. The monoisotopic (exact) mass is 388 g/mol. The van der Waals surface area contributed by atoms with E-state index in [0.717, 1.165) is 16.7 Å². The van der Waals surface area contributed by atoms with Crippen LogP contribution in [-0.4, -0.2) is 26.7 Å². The molecule has 2 aromatic rings. The molecule has 0 aliphatic heterocycles. The van der Waals surface area contributed by atoms with Crippen LogP contribution in [0.25, 0.3) is 0 Å². The summed E-state index contributed by atoms with van der Waals surface area (Å²) in [4.78, 5) is 23.3. The molecular formula is C20H24N2O4S. The summed E-state index contributed by atoms with van der Waals surface area (Å²) in [5, 5.41) is 2.79. The maximum atomic E-state index is 12.2. The van der Waals surface area contributed by atoms with E-state index in [0.29, 0.717) is 12.1 Å². The van der Waals surface area contributed by atoms with Gasteiger partial charge < -0.3 is 5.32 Å². The van der Waals surface area contributed by atoms with Gasteiger partial charge in [0, 0.05) is 25.1 Å². The Morgan fingerprint density at radius 1 is 1.00 bits per heavy atom. The minimum atomic E-state index is -3.72. The molecule has 0 spiro atoms. The fraction of sp³-hybridized carbons (Fsp3) is 0.300. The number of benzene rings is 2. The Labute approximate surface area is 160 Å². The van der Waals surface area contributed by atoms with Gasteiger partial charge in [0.25, 0.3) is 0 Å². The molecule has 2 aromatic carbocycles. The molecule has 0 saturated carbocycles. The average molecular weight is 388 g/mol.